The highest BCUT2D eigenvalue weighted by molar-refractivity contribution is 5.94. The fraction of sp³-hybridized carbons (Fsp3) is 0.400. The van der Waals surface area contributed by atoms with Crippen LogP contribution in [0.1, 0.15) is 29.1 Å². The first-order valence-corrected chi connectivity index (χ1v) is 7.40. The first-order chi connectivity index (χ1) is 10.7. The number of pyridine rings is 1. The third-order valence-corrected chi connectivity index (χ3v) is 4.05. The molecule has 0 saturated carbocycles. The van der Waals surface area contributed by atoms with Gasteiger partial charge in [-0.05, 0) is 12.6 Å². The second-order valence-corrected chi connectivity index (χ2v) is 5.31. The minimum absolute atomic E-state index is 0.0661. The van der Waals surface area contributed by atoms with Crippen molar-refractivity contribution in [2.45, 2.75) is 13.0 Å². The van der Waals surface area contributed by atoms with Crippen LogP contribution in [0.2, 0.25) is 0 Å². The molecule has 0 bridgehead atoms. The minimum Gasteiger partial charge on any atom is -0.347 e. The van der Waals surface area contributed by atoms with E-state index in [1.165, 1.54) is 12.3 Å². The Hall–Kier alpha value is -2.41. The molecule has 2 aromatic heterocycles. The Morgan fingerprint density at radius 3 is 2.86 bits per heavy atom. The highest BCUT2D eigenvalue weighted by atomic mass is 16.2. The van der Waals surface area contributed by atoms with Crippen molar-refractivity contribution in [1.29, 1.82) is 0 Å². The summed E-state index contributed by atoms with van der Waals surface area (Å²) in [6.07, 6.45) is 5.00. The number of carbonyl (C=O) groups is 1. The van der Waals surface area contributed by atoms with Gasteiger partial charge in [0.1, 0.15) is 5.82 Å². The van der Waals surface area contributed by atoms with Gasteiger partial charge >= 0.3 is 0 Å². The maximum absolute atomic E-state index is 12.6. The van der Waals surface area contributed by atoms with Gasteiger partial charge in [-0.25, -0.2) is 4.98 Å². The van der Waals surface area contributed by atoms with Crippen LogP contribution in [0.25, 0.3) is 0 Å². The summed E-state index contributed by atoms with van der Waals surface area (Å²) in [6, 6.07) is 3.01. The van der Waals surface area contributed by atoms with Crippen LogP contribution in [-0.2, 0) is 0 Å². The van der Waals surface area contributed by atoms with Crippen LogP contribution in [0.4, 0.5) is 0 Å². The molecule has 0 radical (unpaired) electrons. The molecule has 1 fully saturated rings. The Bertz CT molecular complexity index is 674. The topological polar surface area (TPSA) is 85.1 Å². The number of aromatic amines is 2. The second-order valence-electron chi connectivity index (χ2n) is 5.31. The smallest absolute Gasteiger partial charge is 0.255 e. The van der Waals surface area contributed by atoms with Crippen molar-refractivity contribution in [2.24, 2.45) is 0 Å². The lowest BCUT2D eigenvalue weighted by atomic mass is 10.1. The number of imidazole rings is 1. The summed E-state index contributed by atoms with van der Waals surface area (Å²) >= 11 is 0. The molecule has 1 atom stereocenters. The van der Waals surface area contributed by atoms with Crippen LogP contribution in [0.5, 0.6) is 0 Å². The standard InChI is InChI=1S/C15H19N5O2/c1-2-19-7-8-20(10-12(19)14-16-5-6-17-14)15(22)11-3-4-13(21)18-9-11/h3-6,9,12H,2,7-8,10H2,1H3,(H,16,17)(H,18,21)/t12-/m0/s1. The molecule has 0 spiro atoms. The van der Waals surface area contributed by atoms with Gasteiger partial charge in [-0.15, -0.1) is 0 Å². The van der Waals surface area contributed by atoms with Gasteiger partial charge in [0, 0.05) is 44.3 Å². The first kappa shape index (κ1) is 14.5. The minimum atomic E-state index is -0.208. The average Bonchev–Trinajstić information content (AvgIpc) is 3.08. The lowest BCUT2D eigenvalue weighted by Crippen LogP contribution is -2.50. The Morgan fingerprint density at radius 1 is 1.36 bits per heavy atom. The molecule has 2 N–H and O–H groups in total. The van der Waals surface area contributed by atoms with Gasteiger partial charge in [-0.2, -0.15) is 0 Å². The molecule has 1 aliphatic heterocycles. The van der Waals surface area contributed by atoms with Crippen LogP contribution in [0.15, 0.2) is 35.5 Å². The molecule has 22 heavy (non-hydrogen) atoms. The summed E-state index contributed by atoms with van der Waals surface area (Å²) in [4.78, 5) is 37.8. The highest BCUT2D eigenvalue weighted by Crippen LogP contribution is 2.23. The van der Waals surface area contributed by atoms with E-state index in [0.717, 1.165) is 18.9 Å². The van der Waals surface area contributed by atoms with Gasteiger partial charge in [-0.3, -0.25) is 14.5 Å². The number of amides is 1. The fourth-order valence-corrected chi connectivity index (χ4v) is 2.83. The molecular formula is C15H19N5O2. The van der Waals surface area contributed by atoms with Crippen molar-refractivity contribution in [2.75, 3.05) is 26.2 Å². The summed E-state index contributed by atoms with van der Waals surface area (Å²) in [5.41, 5.74) is 0.295. The number of nitrogens with zero attached hydrogens (tertiary/aromatic N) is 3. The number of carbonyl (C=O) groups excluding carboxylic acids is 1. The molecule has 0 aliphatic carbocycles. The number of H-pyrrole nitrogens is 2. The van der Waals surface area contributed by atoms with Crippen LogP contribution in [-0.4, -0.2) is 56.8 Å². The molecule has 0 unspecified atom stereocenters. The van der Waals surface area contributed by atoms with Gasteiger partial charge in [0.05, 0.1) is 11.6 Å². The van der Waals surface area contributed by atoms with Crippen LogP contribution in [0, 0.1) is 0 Å². The molecule has 3 heterocycles. The third kappa shape index (κ3) is 2.80. The number of hydrogen-bond acceptors (Lipinski definition) is 4. The largest absolute Gasteiger partial charge is 0.347 e. The van der Waals surface area contributed by atoms with Gasteiger partial charge in [-0.1, -0.05) is 6.92 Å². The Morgan fingerprint density at radius 2 is 2.23 bits per heavy atom. The lowest BCUT2D eigenvalue weighted by molar-refractivity contribution is 0.0479. The monoisotopic (exact) mass is 301 g/mol. The molecule has 7 heteroatoms. The predicted octanol–water partition coefficient (Wildman–Crippen LogP) is 0.617. The van der Waals surface area contributed by atoms with E-state index >= 15 is 0 Å². The van der Waals surface area contributed by atoms with E-state index in [-0.39, 0.29) is 17.5 Å². The molecule has 7 nitrogen and oxygen atoms in total. The Kier molecular flexibility index (Phi) is 4.06. The van der Waals surface area contributed by atoms with Gasteiger partial charge in [0.25, 0.3) is 5.91 Å². The molecule has 1 saturated heterocycles. The van der Waals surface area contributed by atoms with Crippen molar-refractivity contribution in [3.8, 4) is 0 Å². The van der Waals surface area contributed by atoms with Crippen molar-refractivity contribution in [3.05, 3.63) is 52.5 Å². The van der Waals surface area contributed by atoms with Gasteiger partial charge in [0.15, 0.2) is 0 Å². The number of nitrogens with one attached hydrogen (secondary N) is 2. The molecule has 3 rings (SSSR count). The number of rotatable bonds is 3. The van der Waals surface area contributed by atoms with Crippen LogP contribution in [0.3, 0.4) is 0 Å². The van der Waals surface area contributed by atoms with E-state index in [0.29, 0.717) is 18.7 Å². The molecular weight excluding hydrogens is 282 g/mol. The van der Waals surface area contributed by atoms with Crippen LogP contribution < -0.4 is 5.56 Å². The van der Waals surface area contributed by atoms with E-state index in [9.17, 15) is 9.59 Å². The third-order valence-electron chi connectivity index (χ3n) is 4.05. The zero-order valence-electron chi connectivity index (χ0n) is 12.5. The quantitative estimate of drug-likeness (QED) is 0.870. The summed E-state index contributed by atoms with van der Waals surface area (Å²) in [5, 5.41) is 0. The van der Waals surface area contributed by atoms with E-state index in [2.05, 4.69) is 26.8 Å². The maximum atomic E-state index is 12.6. The Labute approximate surface area is 128 Å². The maximum Gasteiger partial charge on any atom is 0.255 e. The predicted molar refractivity (Wildman–Crippen MR) is 81.5 cm³/mol. The average molecular weight is 301 g/mol. The zero-order chi connectivity index (χ0) is 15.5. The normalized spacial score (nSPS) is 19.3. The van der Waals surface area contributed by atoms with Crippen molar-refractivity contribution in [1.82, 2.24) is 24.8 Å². The Balaban J connectivity index is 1.79. The zero-order valence-corrected chi connectivity index (χ0v) is 12.5. The number of piperazine rings is 1. The van der Waals surface area contributed by atoms with E-state index in [1.54, 1.807) is 18.5 Å². The number of likely N-dealkylation sites (N-methyl/N-ethyl adjacent to an activating group) is 1. The second kappa shape index (κ2) is 6.15. The molecule has 1 aliphatic rings. The molecule has 0 aromatic carbocycles. The van der Waals surface area contributed by atoms with E-state index in [4.69, 9.17) is 0 Å². The summed E-state index contributed by atoms with van der Waals surface area (Å²) < 4.78 is 0. The van der Waals surface area contributed by atoms with E-state index in [1.807, 2.05) is 4.90 Å². The lowest BCUT2D eigenvalue weighted by Gasteiger charge is -2.40. The van der Waals surface area contributed by atoms with E-state index < -0.39 is 0 Å². The highest BCUT2D eigenvalue weighted by Gasteiger charge is 2.31. The van der Waals surface area contributed by atoms with Gasteiger partial charge < -0.3 is 14.9 Å². The molecule has 2 aromatic rings. The van der Waals surface area contributed by atoms with Gasteiger partial charge in [0.2, 0.25) is 5.56 Å². The summed E-state index contributed by atoms with van der Waals surface area (Å²) in [6.45, 7) is 5.07. The molecule has 116 valence electrons. The fourth-order valence-electron chi connectivity index (χ4n) is 2.83. The van der Waals surface area contributed by atoms with Crippen molar-refractivity contribution >= 4 is 5.91 Å². The van der Waals surface area contributed by atoms with Crippen LogP contribution >= 0.6 is 0 Å². The SMILES string of the molecule is CCN1CCN(C(=O)c2ccc(=O)[nH]c2)C[C@H]1c1ncc[nH]1. The number of aromatic nitrogens is 3. The summed E-state index contributed by atoms with van der Waals surface area (Å²) in [5.74, 6) is 0.810. The first-order valence-electron chi connectivity index (χ1n) is 7.40. The molecule has 1 amide bonds. The van der Waals surface area contributed by atoms with Crippen molar-refractivity contribution < 1.29 is 4.79 Å². The number of hydrogen-bond donors (Lipinski definition) is 2. The summed E-state index contributed by atoms with van der Waals surface area (Å²) in [7, 11) is 0. The van der Waals surface area contributed by atoms with Crippen molar-refractivity contribution in [3.63, 3.8) is 0 Å².